The highest BCUT2D eigenvalue weighted by molar-refractivity contribution is 5.71. The molecule has 0 heterocycles. The minimum Gasteiger partial charge on any atom is -0.460 e. The second-order valence-corrected chi connectivity index (χ2v) is 6.38. The van der Waals surface area contributed by atoms with Crippen LogP contribution in [0, 0.1) is 0 Å². The van der Waals surface area contributed by atoms with Gasteiger partial charge in [0.25, 0.3) is 0 Å². The minimum absolute atomic E-state index is 0.177. The molecule has 0 bridgehead atoms. The van der Waals surface area contributed by atoms with Crippen molar-refractivity contribution in [2.75, 3.05) is 27.2 Å². The number of carbonyl (C=O) groups is 1. The van der Waals surface area contributed by atoms with Gasteiger partial charge in [0.05, 0.1) is 6.54 Å². The molecule has 0 aliphatic heterocycles. The van der Waals surface area contributed by atoms with Crippen LogP contribution in [0.5, 0.6) is 0 Å². The van der Waals surface area contributed by atoms with Crippen molar-refractivity contribution in [2.24, 2.45) is 0 Å². The zero-order valence-electron chi connectivity index (χ0n) is 15.2. The first-order valence-electron chi connectivity index (χ1n) is 8.06. The Hall–Kier alpha value is -1.35. The molecular formula is C19H33NO2. The van der Waals surface area contributed by atoms with Gasteiger partial charge in [0.15, 0.2) is 0 Å². The molecular weight excluding hydrogens is 274 g/mol. The molecule has 0 saturated carbocycles. The van der Waals surface area contributed by atoms with Gasteiger partial charge in [0, 0.05) is 0 Å². The van der Waals surface area contributed by atoms with Crippen molar-refractivity contribution in [3.8, 4) is 0 Å². The summed E-state index contributed by atoms with van der Waals surface area (Å²) < 4.78 is 5.15. The van der Waals surface area contributed by atoms with Gasteiger partial charge < -0.3 is 4.74 Å². The molecule has 0 radical (unpaired) electrons. The Balaban J connectivity index is 3.92. The van der Waals surface area contributed by atoms with Crippen LogP contribution in [0.3, 0.4) is 0 Å². The molecule has 0 spiro atoms. The summed E-state index contributed by atoms with van der Waals surface area (Å²) >= 11 is 0. The number of carbonyl (C=O) groups excluding carboxylic acids is 1. The summed E-state index contributed by atoms with van der Waals surface area (Å²) in [5.74, 6) is -0.177. The van der Waals surface area contributed by atoms with Gasteiger partial charge in [-0.2, -0.15) is 0 Å². The van der Waals surface area contributed by atoms with E-state index in [1.165, 1.54) is 16.7 Å². The van der Waals surface area contributed by atoms with E-state index < -0.39 is 0 Å². The minimum atomic E-state index is -0.177. The molecule has 0 aliphatic rings. The van der Waals surface area contributed by atoms with Crippen molar-refractivity contribution in [1.29, 1.82) is 0 Å². The molecule has 0 aromatic carbocycles. The van der Waals surface area contributed by atoms with Gasteiger partial charge in [-0.1, -0.05) is 28.9 Å². The number of likely N-dealkylation sites (N-methyl/N-ethyl adjacent to an activating group) is 1. The summed E-state index contributed by atoms with van der Waals surface area (Å²) in [4.78, 5) is 13.2. The van der Waals surface area contributed by atoms with Crippen molar-refractivity contribution in [2.45, 2.75) is 53.4 Å². The molecule has 0 rings (SSSR count). The SMILES string of the molecule is CC(C)=CCC/C(C)=C\CC/C(C)=C\COC(=O)CN(C)C. The van der Waals surface area contributed by atoms with Crippen LogP contribution in [-0.2, 0) is 9.53 Å². The quantitative estimate of drug-likeness (QED) is 0.439. The molecule has 0 aromatic heterocycles. The maximum Gasteiger partial charge on any atom is 0.320 e. The van der Waals surface area contributed by atoms with Crippen LogP contribution in [0.4, 0.5) is 0 Å². The fraction of sp³-hybridized carbons (Fsp3) is 0.632. The first-order chi connectivity index (χ1) is 10.3. The number of hydrogen-bond donors (Lipinski definition) is 0. The average Bonchev–Trinajstić information content (AvgIpc) is 2.37. The summed E-state index contributed by atoms with van der Waals surface area (Å²) in [5.41, 5.74) is 4.10. The number of esters is 1. The Morgan fingerprint density at radius 1 is 0.909 bits per heavy atom. The van der Waals surface area contributed by atoms with Crippen LogP contribution >= 0.6 is 0 Å². The van der Waals surface area contributed by atoms with E-state index in [0.717, 1.165) is 25.7 Å². The molecule has 0 atom stereocenters. The molecule has 0 amide bonds. The molecule has 22 heavy (non-hydrogen) atoms. The maximum atomic E-state index is 11.4. The second-order valence-electron chi connectivity index (χ2n) is 6.38. The molecule has 126 valence electrons. The van der Waals surface area contributed by atoms with Gasteiger partial charge in [-0.3, -0.25) is 9.69 Å². The van der Waals surface area contributed by atoms with Crippen LogP contribution in [0.25, 0.3) is 0 Å². The van der Waals surface area contributed by atoms with Crippen molar-refractivity contribution in [3.05, 3.63) is 34.9 Å². The lowest BCUT2D eigenvalue weighted by molar-refractivity contribution is -0.143. The highest BCUT2D eigenvalue weighted by Crippen LogP contribution is 2.11. The zero-order valence-corrected chi connectivity index (χ0v) is 15.2. The second kappa shape index (κ2) is 12.2. The van der Waals surface area contributed by atoms with Crippen molar-refractivity contribution in [3.63, 3.8) is 0 Å². The van der Waals surface area contributed by atoms with E-state index in [1.54, 1.807) is 0 Å². The Morgan fingerprint density at radius 2 is 1.45 bits per heavy atom. The van der Waals surface area contributed by atoms with Crippen molar-refractivity contribution >= 4 is 5.97 Å². The molecule has 0 fully saturated rings. The summed E-state index contributed by atoms with van der Waals surface area (Å²) in [5, 5.41) is 0. The van der Waals surface area contributed by atoms with Crippen molar-refractivity contribution < 1.29 is 9.53 Å². The highest BCUT2D eigenvalue weighted by Gasteiger charge is 2.02. The third kappa shape index (κ3) is 13.6. The lowest BCUT2D eigenvalue weighted by Gasteiger charge is -2.08. The van der Waals surface area contributed by atoms with E-state index in [9.17, 15) is 4.79 Å². The lowest BCUT2D eigenvalue weighted by Crippen LogP contribution is -2.23. The van der Waals surface area contributed by atoms with E-state index in [-0.39, 0.29) is 5.97 Å². The Kier molecular flexibility index (Phi) is 11.5. The molecule has 3 heteroatoms. The topological polar surface area (TPSA) is 29.5 Å². The molecule has 0 N–H and O–H groups in total. The van der Waals surface area contributed by atoms with Crippen LogP contribution in [0.1, 0.15) is 53.4 Å². The van der Waals surface area contributed by atoms with Gasteiger partial charge in [-0.05, 0) is 73.5 Å². The fourth-order valence-electron chi connectivity index (χ4n) is 1.92. The third-order valence-corrected chi connectivity index (χ3v) is 3.24. The number of allylic oxidation sites excluding steroid dienone is 5. The Labute approximate surface area is 136 Å². The van der Waals surface area contributed by atoms with E-state index in [4.69, 9.17) is 4.74 Å². The van der Waals surface area contributed by atoms with Crippen LogP contribution in [-0.4, -0.2) is 38.1 Å². The molecule has 0 saturated heterocycles. The molecule has 0 unspecified atom stereocenters. The van der Waals surface area contributed by atoms with Crippen molar-refractivity contribution in [1.82, 2.24) is 4.90 Å². The number of nitrogens with zero attached hydrogens (tertiary/aromatic N) is 1. The molecule has 3 nitrogen and oxygen atoms in total. The smallest absolute Gasteiger partial charge is 0.320 e. The summed E-state index contributed by atoms with van der Waals surface area (Å²) in [6.07, 6.45) is 10.9. The van der Waals surface area contributed by atoms with Gasteiger partial charge in [0.1, 0.15) is 6.61 Å². The van der Waals surface area contributed by atoms with E-state index in [0.29, 0.717) is 13.2 Å². The van der Waals surface area contributed by atoms with Crippen LogP contribution in [0.2, 0.25) is 0 Å². The van der Waals surface area contributed by atoms with E-state index in [1.807, 2.05) is 25.1 Å². The summed E-state index contributed by atoms with van der Waals surface area (Å²) in [6.45, 7) is 9.27. The van der Waals surface area contributed by atoms with Gasteiger partial charge in [-0.15, -0.1) is 0 Å². The van der Waals surface area contributed by atoms with Gasteiger partial charge >= 0.3 is 5.97 Å². The Morgan fingerprint density at radius 3 is 2.00 bits per heavy atom. The number of hydrogen-bond acceptors (Lipinski definition) is 3. The Bertz CT molecular complexity index is 413. The average molecular weight is 307 g/mol. The predicted molar refractivity (Wildman–Crippen MR) is 94.9 cm³/mol. The third-order valence-electron chi connectivity index (χ3n) is 3.24. The highest BCUT2D eigenvalue weighted by atomic mass is 16.5. The number of ether oxygens (including phenoxy) is 1. The normalized spacial score (nSPS) is 12.5. The van der Waals surface area contributed by atoms with E-state index in [2.05, 4.69) is 39.8 Å². The largest absolute Gasteiger partial charge is 0.460 e. The summed E-state index contributed by atoms with van der Waals surface area (Å²) in [6, 6.07) is 0. The van der Waals surface area contributed by atoms with E-state index >= 15 is 0 Å². The first kappa shape index (κ1) is 20.6. The van der Waals surface area contributed by atoms with Gasteiger partial charge in [0.2, 0.25) is 0 Å². The lowest BCUT2D eigenvalue weighted by atomic mass is 10.1. The van der Waals surface area contributed by atoms with Crippen LogP contribution in [0.15, 0.2) is 34.9 Å². The number of rotatable bonds is 10. The van der Waals surface area contributed by atoms with Gasteiger partial charge in [-0.25, -0.2) is 0 Å². The molecule has 0 aromatic rings. The summed E-state index contributed by atoms with van der Waals surface area (Å²) in [7, 11) is 3.71. The fourth-order valence-corrected chi connectivity index (χ4v) is 1.92. The zero-order chi connectivity index (χ0) is 17.0. The first-order valence-corrected chi connectivity index (χ1v) is 8.06. The standard InChI is InChI=1S/C19H33NO2/c1-16(2)9-7-10-17(3)11-8-12-18(4)13-14-22-19(21)15-20(5)6/h9,11,13H,7-8,10,12,14-15H2,1-6H3/b17-11-,18-13-. The predicted octanol–water partition coefficient (Wildman–Crippen LogP) is 4.51. The van der Waals surface area contributed by atoms with Crippen LogP contribution < -0.4 is 0 Å². The molecule has 0 aliphatic carbocycles. The monoisotopic (exact) mass is 307 g/mol. The maximum absolute atomic E-state index is 11.4.